The van der Waals surface area contributed by atoms with Crippen molar-refractivity contribution in [2.45, 2.75) is 0 Å². The maximum absolute atomic E-state index is 4.86. The fraction of sp³-hybridized carbons (Fsp3) is 0. The molecule has 0 fully saturated rings. The minimum absolute atomic E-state index is 0.628. The van der Waals surface area contributed by atoms with E-state index in [4.69, 9.17) is 29.9 Å². The Morgan fingerprint density at radius 1 is 0.165 bits per heavy atom. The summed E-state index contributed by atoms with van der Waals surface area (Å²) in [5, 5.41) is 5.44. The minimum atomic E-state index is -2.58. The molecule has 402 valence electrons. The van der Waals surface area contributed by atoms with Crippen LogP contribution in [0.25, 0.3) is 102 Å². The lowest BCUT2D eigenvalue weighted by atomic mass is 10.0. The van der Waals surface area contributed by atoms with E-state index in [0.29, 0.717) is 34.9 Å². The van der Waals surface area contributed by atoms with Gasteiger partial charge in [0.25, 0.3) is 0 Å². The van der Waals surface area contributed by atoms with Gasteiger partial charge in [-0.3, -0.25) is 9.97 Å². The predicted octanol–water partition coefficient (Wildman–Crippen LogP) is 14.9. The van der Waals surface area contributed by atoms with Gasteiger partial charge in [0.15, 0.2) is 43.0 Å². The average molecular weight is 1110 g/mol. The number of benzene rings is 10. The van der Waals surface area contributed by atoms with Crippen molar-refractivity contribution in [1.82, 2.24) is 39.9 Å². The van der Waals surface area contributed by atoms with Gasteiger partial charge in [0.2, 0.25) is 0 Å². The summed E-state index contributed by atoms with van der Waals surface area (Å²) in [6.45, 7) is 0. The van der Waals surface area contributed by atoms with Crippen LogP contribution in [0.15, 0.2) is 328 Å². The Morgan fingerprint density at radius 2 is 0.365 bits per heavy atom. The monoisotopic (exact) mass is 1110 g/mol. The molecule has 0 radical (unpaired) electrons. The SMILES string of the molecule is c1ccc(-c2nc(-c3ccccc3)nc(-c3ccc(-c4ccc(-c5nc(-c6ccccc6)nc(-c6ccccc6)n5)cc4)cc3)n2)cc1.c1ccc([Si](c2ccccc2)(c2ccc(-c3cccnc3)cc2)c2ccc(-c3cccnc3)cc2)cc1. The van der Waals surface area contributed by atoms with Crippen LogP contribution < -0.4 is 20.7 Å². The van der Waals surface area contributed by atoms with Crippen LogP contribution in [0, 0.1) is 0 Å². The highest BCUT2D eigenvalue weighted by atomic mass is 28.3. The van der Waals surface area contributed by atoms with Crippen molar-refractivity contribution in [3.8, 4) is 102 Å². The molecule has 14 aromatic rings. The molecule has 0 saturated heterocycles. The summed E-state index contributed by atoms with van der Waals surface area (Å²) in [6.07, 6.45) is 7.47. The lowest BCUT2D eigenvalue weighted by molar-refractivity contribution is 1.07. The van der Waals surface area contributed by atoms with E-state index in [-0.39, 0.29) is 0 Å². The Balaban J connectivity index is 0.000000164. The number of hydrogen-bond acceptors (Lipinski definition) is 8. The quantitative estimate of drug-likeness (QED) is 0.0831. The summed E-state index contributed by atoms with van der Waals surface area (Å²) in [5.41, 5.74) is 12.4. The number of aromatic nitrogens is 8. The third kappa shape index (κ3) is 11.7. The van der Waals surface area contributed by atoms with Crippen LogP contribution in [-0.4, -0.2) is 47.9 Å². The summed E-state index contributed by atoms with van der Waals surface area (Å²) in [7, 11) is -2.58. The molecule has 10 aromatic carbocycles. The van der Waals surface area contributed by atoms with Gasteiger partial charge in [-0.15, -0.1) is 0 Å². The summed E-state index contributed by atoms with van der Waals surface area (Å²) in [5.74, 6) is 3.82. The van der Waals surface area contributed by atoms with E-state index in [9.17, 15) is 0 Å². The van der Waals surface area contributed by atoms with E-state index >= 15 is 0 Å². The topological polar surface area (TPSA) is 103 Å². The molecule has 0 amide bonds. The molecule has 4 heterocycles. The first-order valence-corrected chi connectivity index (χ1v) is 30.2. The summed E-state index contributed by atoms with van der Waals surface area (Å²) in [4.78, 5) is 37.7. The van der Waals surface area contributed by atoms with Crippen LogP contribution in [0.1, 0.15) is 0 Å². The fourth-order valence-corrected chi connectivity index (χ4v) is 15.5. The van der Waals surface area contributed by atoms with Gasteiger partial charge in [-0.25, -0.2) is 29.9 Å². The maximum atomic E-state index is 4.86. The number of hydrogen-bond donors (Lipinski definition) is 0. The van der Waals surface area contributed by atoms with Crippen molar-refractivity contribution in [3.05, 3.63) is 328 Å². The van der Waals surface area contributed by atoms with E-state index in [1.165, 1.54) is 31.9 Å². The van der Waals surface area contributed by atoms with Gasteiger partial charge < -0.3 is 0 Å². The second kappa shape index (κ2) is 24.8. The molecule has 0 aliphatic heterocycles. The molecule has 14 rings (SSSR count). The standard InChI is InChI=1S/C42H28N6.C34H26N2Si/c1-5-13-31(14-6-1)37-43-38(32-15-7-2-8-16-32)46-41(45-37)35-25-21-29(22-26-35)30-23-27-36(28-24-30)42-47-39(33-17-9-3-10-18-33)44-40(48-42)34-19-11-4-12-20-34;1-3-11-31(12-4-1)37(32-13-5-2-6-14-32,33-19-15-27(16-20-33)29-9-7-23-35-25-29)34-21-17-28(18-22-34)30-10-8-24-36-26-30/h1-28H;1-26H. The number of pyridine rings is 2. The van der Waals surface area contributed by atoms with E-state index < -0.39 is 8.07 Å². The Morgan fingerprint density at radius 3 is 0.624 bits per heavy atom. The van der Waals surface area contributed by atoms with Crippen molar-refractivity contribution in [2.75, 3.05) is 0 Å². The molecule has 0 unspecified atom stereocenters. The van der Waals surface area contributed by atoms with Crippen LogP contribution in [0.5, 0.6) is 0 Å². The van der Waals surface area contributed by atoms with Crippen LogP contribution in [0.2, 0.25) is 0 Å². The molecule has 0 bridgehead atoms. The minimum Gasteiger partial charge on any atom is -0.264 e. The lowest BCUT2D eigenvalue weighted by Crippen LogP contribution is -2.74. The van der Waals surface area contributed by atoms with Crippen molar-refractivity contribution in [2.24, 2.45) is 0 Å². The van der Waals surface area contributed by atoms with Gasteiger partial charge in [-0.2, -0.15) is 0 Å². The molecule has 4 aromatic heterocycles. The largest absolute Gasteiger partial charge is 0.264 e. The van der Waals surface area contributed by atoms with Crippen molar-refractivity contribution in [1.29, 1.82) is 0 Å². The Bertz CT molecular complexity index is 4030. The molecular formula is C76H54N8Si. The first-order chi connectivity index (χ1) is 42.1. The third-order valence-corrected chi connectivity index (χ3v) is 19.9. The maximum Gasteiger partial charge on any atom is 0.179 e. The van der Waals surface area contributed by atoms with Gasteiger partial charge in [-0.1, -0.05) is 291 Å². The van der Waals surface area contributed by atoms with Gasteiger partial charge in [0.05, 0.1) is 0 Å². The Kier molecular flexibility index (Phi) is 15.5. The first kappa shape index (κ1) is 53.1. The normalized spacial score (nSPS) is 11.1. The van der Waals surface area contributed by atoms with E-state index in [1.807, 2.05) is 158 Å². The highest BCUT2D eigenvalue weighted by molar-refractivity contribution is 7.19. The molecule has 9 heteroatoms. The molecule has 0 aliphatic rings. The first-order valence-electron chi connectivity index (χ1n) is 28.2. The summed E-state index contributed by atoms with van der Waals surface area (Å²) >= 11 is 0. The molecule has 0 spiro atoms. The highest BCUT2D eigenvalue weighted by Crippen LogP contribution is 2.30. The second-order valence-corrected chi connectivity index (χ2v) is 24.2. The zero-order valence-corrected chi connectivity index (χ0v) is 47.3. The highest BCUT2D eigenvalue weighted by Gasteiger charge is 2.41. The van der Waals surface area contributed by atoms with Gasteiger partial charge in [0, 0.05) is 58.2 Å². The average Bonchev–Trinajstić information content (AvgIpc) is 1.35. The smallest absolute Gasteiger partial charge is 0.179 e. The Labute approximate surface area is 495 Å². The van der Waals surface area contributed by atoms with Crippen LogP contribution in [-0.2, 0) is 0 Å². The second-order valence-electron chi connectivity index (χ2n) is 20.4. The van der Waals surface area contributed by atoms with E-state index in [1.54, 1.807) is 0 Å². The summed E-state index contributed by atoms with van der Waals surface area (Å²) in [6, 6.07) is 105. The molecule has 85 heavy (non-hydrogen) atoms. The summed E-state index contributed by atoms with van der Waals surface area (Å²) < 4.78 is 0. The molecule has 0 atom stereocenters. The number of rotatable bonds is 13. The van der Waals surface area contributed by atoms with Crippen molar-refractivity contribution >= 4 is 28.8 Å². The molecule has 0 N–H and O–H groups in total. The predicted molar refractivity (Wildman–Crippen MR) is 348 cm³/mol. The Hall–Kier alpha value is -11.3. The van der Waals surface area contributed by atoms with Crippen LogP contribution in [0.3, 0.4) is 0 Å². The fourth-order valence-electron chi connectivity index (χ4n) is 10.8. The third-order valence-electron chi connectivity index (χ3n) is 15.1. The van der Waals surface area contributed by atoms with Crippen molar-refractivity contribution in [3.63, 3.8) is 0 Å². The van der Waals surface area contributed by atoms with E-state index in [0.717, 1.165) is 55.6 Å². The van der Waals surface area contributed by atoms with Crippen LogP contribution >= 0.6 is 0 Å². The van der Waals surface area contributed by atoms with Crippen LogP contribution in [0.4, 0.5) is 0 Å². The molecule has 0 aliphatic carbocycles. The van der Waals surface area contributed by atoms with Crippen molar-refractivity contribution < 1.29 is 0 Å². The lowest BCUT2D eigenvalue weighted by Gasteiger charge is -2.34. The van der Waals surface area contributed by atoms with Gasteiger partial charge >= 0.3 is 0 Å². The van der Waals surface area contributed by atoms with E-state index in [2.05, 4.69) is 180 Å². The molecule has 0 saturated carbocycles. The number of nitrogens with zero attached hydrogens (tertiary/aromatic N) is 8. The zero-order valence-electron chi connectivity index (χ0n) is 46.3. The van der Waals surface area contributed by atoms with Gasteiger partial charge in [0.1, 0.15) is 0 Å². The molecular weight excluding hydrogens is 1050 g/mol. The molecule has 8 nitrogen and oxygen atoms in total. The van der Waals surface area contributed by atoms with Gasteiger partial charge in [-0.05, 0) is 66.3 Å². The zero-order chi connectivity index (χ0) is 57.0.